The molecule has 0 bridgehead atoms. The number of hydrogen-bond donors (Lipinski definition) is 3. The molecule has 4 amide bonds. The molecule has 0 unspecified atom stereocenters. The van der Waals surface area contributed by atoms with Gasteiger partial charge in [-0.3, -0.25) is 19.2 Å². The molecular weight excluding hydrogens is 592 g/mol. The van der Waals surface area contributed by atoms with Gasteiger partial charge in [0.2, 0.25) is 17.7 Å². The molecule has 9 nitrogen and oxygen atoms in total. The number of fused-ring (bicyclic) bond motifs is 1. The number of carbonyl (C=O) groups excluding carboxylic acids is 4. The smallest absolute Gasteiger partial charge is 0.255 e. The maximum absolute atomic E-state index is 13.5. The van der Waals surface area contributed by atoms with Crippen molar-refractivity contribution in [1.82, 2.24) is 20.9 Å². The molecule has 0 aromatic heterocycles. The van der Waals surface area contributed by atoms with Crippen LogP contribution < -0.4 is 20.7 Å². The monoisotopic (exact) mass is 632 g/mol. The third-order valence-corrected chi connectivity index (χ3v) is 8.13. The van der Waals surface area contributed by atoms with E-state index in [1.807, 2.05) is 36.4 Å². The molecule has 0 radical (unpaired) electrons. The van der Waals surface area contributed by atoms with Gasteiger partial charge in [-0.25, -0.2) is 0 Å². The molecule has 1 heterocycles. The topological polar surface area (TPSA) is 117 Å². The predicted octanol–water partition coefficient (Wildman–Crippen LogP) is 4.67. The summed E-state index contributed by atoms with van der Waals surface area (Å²) in [4.78, 5) is 55.3. The van der Waals surface area contributed by atoms with Crippen LogP contribution in [0.1, 0.15) is 60.0 Å². The van der Waals surface area contributed by atoms with E-state index in [0.29, 0.717) is 35.9 Å². The second-order valence-electron chi connectivity index (χ2n) is 11.2. The van der Waals surface area contributed by atoms with E-state index in [0.717, 1.165) is 36.8 Å². The third kappa shape index (κ3) is 10.4. The normalized spacial score (nSPS) is 19.1. The van der Waals surface area contributed by atoms with Crippen molar-refractivity contribution in [3.05, 3.63) is 101 Å². The number of para-hydroxylation sites is 1. The van der Waals surface area contributed by atoms with Gasteiger partial charge in [0.15, 0.2) is 0 Å². The fourth-order valence-electron chi connectivity index (χ4n) is 5.19. The van der Waals surface area contributed by atoms with Crippen molar-refractivity contribution in [3.8, 4) is 5.75 Å². The van der Waals surface area contributed by atoms with Gasteiger partial charge in [-0.15, -0.1) is 0 Å². The van der Waals surface area contributed by atoms with Crippen LogP contribution in [0.25, 0.3) is 0 Å². The molecule has 238 valence electrons. The van der Waals surface area contributed by atoms with Gasteiger partial charge >= 0.3 is 0 Å². The molecule has 45 heavy (non-hydrogen) atoms. The fourth-order valence-corrected chi connectivity index (χ4v) is 5.39. The predicted molar refractivity (Wildman–Crippen MR) is 174 cm³/mol. The lowest BCUT2D eigenvalue weighted by Crippen LogP contribution is -2.50. The van der Waals surface area contributed by atoms with Crippen molar-refractivity contribution >= 4 is 35.2 Å². The number of rotatable bonds is 5. The summed E-state index contributed by atoms with van der Waals surface area (Å²) in [6.45, 7) is 1.14. The minimum absolute atomic E-state index is 0.0110. The Labute approximate surface area is 269 Å². The molecule has 3 N–H and O–H groups in total. The van der Waals surface area contributed by atoms with E-state index >= 15 is 0 Å². The minimum atomic E-state index is -1.04. The number of nitrogens with one attached hydrogen (secondary N) is 3. The SMILES string of the molecule is CN1CCCCCCOc2ccccc2C(=O)N[C@H](C(=O)NCc2ccccc2Cl)CCC(=O)N[C@@H](Cc2ccccc2)C1=O. The lowest BCUT2D eigenvalue weighted by atomic mass is 10.0. The summed E-state index contributed by atoms with van der Waals surface area (Å²) >= 11 is 6.27. The first-order valence-corrected chi connectivity index (χ1v) is 15.8. The highest BCUT2D eigenvalue weighted by Gasteiger charge is 2.27. The van der Waals surface area contributed by atoms with Crippen LogP contribution in [0.3, 0.4) is 0 Å². The average Bonchev–Trinajstić information content (AvgIpc) is 3.05. The van der Waals surface area contributed by atoms with Gasteiger partial charge in [-0.05, 0) is 48.6 Å². The van der Waals surface area contributed by atoms with Gasteiger partial charge in [-0.2, -0.15) is 0 Å². The highest BCUT2D eigenvalue weighted by molar-refractivity contribution is 6.31. The Morgan fingerprint density at radius 1 is 0.911 bits per heavy atom. The van der Waals surface area contributed by atoms with Gasteiger partial charge < -0.3 is 25.6 Å². The largest absolute Gasteiger partial charge is 0.493 e. The standard InChI is InChI=1S/C35H41ClN4O5/c1-40-21-11-2-3-12-22-45-31-18-10-8-16-27(31)33(42)39-29(34(43)37-24-26-15-7-9-17-28(26)36)19-20-32(41)38-30(35(40)44)23-25-13-5-4-6-14-25/h4-10,13-18,29-30H,2-3,11-12,19-24H2,1H3,(H,37,43)(H,38,41)(H,39,42)/t29-,30-/m0/s1. The van der Waals surface area contributed by atoms with Crippen LogP contribution in [0.2, 0.25) is 5.02 Å². The number of halogens is 1. The lowest BCUT2D eigenvalue weighted by Gasteiger charge is -2.25. The summed E-state index contributed by atoms with van der Waals surface area (Å²) < 4.78 is 5.96. The molecule has 3 aromatic rings. The molecule has 2 atom stereocenters. The number of ether oxygens (including phenoxy) is 1. The first-order chi connectivity index (χ1) is 21.8. The van der Waals surface area contributed by atoms with Crippen molar-refractivity contribution in [2.75, 3.05) is 20.2 Å². The zero-order valence-corrected chi connectivity index (χ0v) is 26.4. The van der Waals surface area contributed by atoms with Crippen LogP contribution in [0.5, 0.6) is 5.75 Å². The molecule has 10 heteroatoms. The Hall–Kier alpha value is -4.37. The molecule has 0 fully saturated rings. The highest BCUT2D eigenvalue weighted by Crippen LogP contribution is 2.20. The zero-order chi connectivity index (χ0) is 32.0. The van der Waals surface area contributed by atoms with Gasteiger partial charge in [0.25, 0.3) is 5.91 Å². The minimum Gasteiger partial charge on any atom is -0.493 e. The highest BCUT2D eigenvalue weighted by atomic mass is 35.5. The second kappa shape index (κ2) is 17.2. The van der Waals surface area contributed by atoms with E-state index in [1.54, 1.807) is 54.4 Å². The van der Waals surface area contributed by atoms with E-state index < -0.39 is 29.8 Å². The molecule has 0 saturated heterocycles. The molecular formula is C35H41ClN4O5. The third-order valence-electron chi connectivity index (χ3n) is 7.76. The van der Waals surface area contributed by atoms with E-state index in [9.17, 15) is 19.2 Å². The van der Waals surface area contributed by atoms with Gasteiger partial charge in [0, 0.05) is 38.0 Å². The van der Waals surface area contributed by atoms with E-state index in [4.69, 9.17) is 16.3 Å². The summed E-state index contributed by atoms with van der Waals surface area (Å²) in [5, 5.41) is 9.05. The summed E-state index contributed by atoms with van der Waals surface area (Å²) in [5.41, 5.74) is 1.95. The van der Waals surface area contributed by atoms with Crippen LogP contribution in [0, 0.1) is 0 Å². The summed E-state index contributed by atoms with van der Waals surface area (Å²) in [7, 11) is 1.75. The van der Waals surface area contributed by atoms with Crippen LogP contribution in [-0.4, -0.2) is 60.8 Å². The van der Waals surface area contributed by atoms with Gasteiger partial charge in [-0.1, -0.05) is 85.1 Å². The van der Waals surface area contributed by atoms with Crippen LogP contribution in [0.4, 0.5) is 0 Å². The van der Waals surface area contributed by atoms with Crippen molar-refractivity contribution in [2.24, 2.45) is 0 Å². The Bertz CT molecular complexity index is 1450. The maximum atomic E-state index is 13.5. The van der Waals surface area contributed by atoms with Crippen molar-refractivity contribution in [2.45, 2.75) is 63.6 Å². The van der Waals surface area contributed by atoms with Crippen molar-refractivity contribution in [3.63, 3.8) is 0 Å². The maximum Gasteiger partial charge on any atom is 0.255 e. The van der Waals surface area contributed by atoms with Crippen LogP contribution >= 0.6 is 11.6 Å². The number of carbonyl (C=O) groups is 4. The molecule has 1 aliphatic rings. The Balaban J connectivity index is 1.55. The van der Waals surface area contributed by atoms with Crippen LogP contribution in [0.15, 0.2) is 78.9 Å². The van der Waals surface area contributed by atoms with E-state index in [1.165, 1.54) is 0 Å². The van der Waals surface area contributed by atoms with E-state index in [2.05, 4.69) is 16.0 Å². The number of amides is 4. The molecule has 4 rings (SSSR count). The summed E-state index contributed by atoms with van der Waals surface area (Å²) in [6, 6.07) is 21.8. The van der Waals surface area contributed by atoms with E-state index in [-0.39, 0.29) is 25.3 Å². The number of hydrogen-bond acceptors (Lipinski definition) is 5. The Morgan fingerprint density at radius 3 is 2.42 bits per heavy atom. The lowest BCUT2D eigenvalue weighted by molar-refractivity contribution is -0.135. The number of likely N-dealkylation sites (N-methyl/N-ethyl adjacent to an activating group) is 1. The van der Waals surface area contributed by atoms with Crippen molar-refractivity contribution < 1.29 is 23.9 Å². The van der Waals surface area contributed by atoms with Gasteiger partial charge in [0.1, 0.15) is 17.8 Å². The Kier molecular flexibility index (Phi) is 12.8. The summed E-state index contributed by atoms with van der Waals surface area (Å²) in [6.07, 6.45) is 3.66. The van der Waals surface area contributed by atoms with Gasteiger partial charge in [0.05, 0.1) is 12.2 Å². The second-order valence-corrected chi connectivity index (χ2v) is 11.6. The number of benzene rings is 3. The summed E-state index contributed by atoms with van der Waals surface area (Å²) in [5.74, 6) is -1.09. The van der Waals surface area contributed by atoms with Crippen LogP contribution in [-0.2, 0) is 27.3 Å². The quantitative estimate of drug-likeness (QED) is 0.378. The molecule has 0 spiro atoms. The number of nitrogens with zero attached hydrogens (tertiary/aromatic N) is 1. The molecule has 3 aromatic carbocycles. The van der Waals surface area contributed by atoms with Crippen molar-refractivity contribution in [1.29, 1.82) is 0 Å². The first-order valence-electron chi connectivity index (χ1n) is 15.4. The first kappa shape index (κ1) is 33.5. The molecule has 1 aliphatic heterocycles. The molecule has 0 aliphatic carbocycles. The average molecular weight is 633 g/mol. The zero-order valence-electron chi connectivity index (χ0n) is 25.6. The fraction of sp³-hybridized carbons (Fsp3) is 0.371. The molecule has 0 saturated carbocycles. The Morgan fingerprint density at radius 2 is 1.62 bits per heavy atom.